The molecule has 31 heavy (non-hydrogen) atoms. The second-order valence-electron chi connectivity index (χ2n) is 8.32. The number of rotatable bonds is 5. The number of ether oxygens (including phenoxy) is 1. The molecular weight excluding hydrogens is 434 g/mol. The third kappa shape index (κ3) is 5.05. The SMILES string of the molecule is COc1cc(Cl)c(C)cc1-n1c(SC(C)C(=O)NC(C)(C)C)nc2ccccc2c1=O. The van der Waals surface area contributed by atoms with E-state index in [2.05, 4.69) is 5.32 Å². The van der Waals surface area contributed by atoms with E-state index in [0.29, 0.717) is 32.5 Å². The fraction of sp³-hybridized carbons (Fsp3) is 0.348. The molecule has 0 aliphatic heterocycles. The van der Waals surface area contributed by atoms with Gasteiger partial charge < -0.3 is 10.1 Å². The van der Waals surface area contributed by atoms with Crippen LogP contribution in [0, 0.1) is 6.92 Å². The lowest BCUT2D eigenvalue weighted by atomic mass is 10.1. The van der Waals surface area contributed by atoms with Crippen LogP contribution in [0.25, 0.3) is 16.6 Å². The van der Waals surface area contributed by atoms with Crippen LogP contribution >= 0.6 is 23.4 Å². The van der Waals surface area contributed by atoms with E-state index in [9.17, 15) is 9.59 Å². The van der Waals surface area contributed by atoms with Crippen molar-refractivity contribution in [3.8, 4) is 11.4 Å². The smallest absolute Gasteiger partial charge is 0.266 e. The summed E-state index contributed by atoms with van der Waals surface area (Å²) in [6, 6.07) is 10.6. The fourth-order valence-electron chi connectivity index (χ4n) is 3.07. The number of methoxy groups -OCH3 is 1. The van der Waals surface area contributed by atoms with Crippen LogP contribution in [0.2, 0.25) is 5.02 Å². The minimum absolute atomic E-state index is 0.134. The van der Waals surface area contributed by atoms with Gasteiger partial charge in [0.15, 0.2) is 5.16 Å². The van der Waals surface area contributed by atoms with Crippen LogP contribution in [0.15, 0.2) is 46.3 Å². The van der Waals surface area contributed by atoms with E-state index >= 15 is 0 Å². The van der Waals surface area contributed by atoms with E-state index in [4.69, 9.17) is 21.3 Å². The van der Waals surface area contributed by atoms with Crippen molar-refractivity contribution in [2.75, 3.05) is 7.11 Å². The maximum absolute atomic E-state index is 13.5. The van der Waals surface area contributed by atoms with Crippen molar-refractivity contribution in [2.45, 2.75) is 50.6 Å². The Labute approximate surface area is 191 Å². The number of nitrogens with one attached hydrogen (secondary N) is 1. The number of aryl methyl sites for hydroxylation is 1. The summed E-state index contributed by atoms with van der Waals surface area (Å²) in [4.78, 5) is 30.9. The van der Waals surface area contributed by atoms with Crippen LogP contribution in [-0.4, -0.2) is 33.4 Å². The first-order valence-corrected chi connectivity index (χ1v) is 11.1. The molecule has 2 aromatic carbocycles. The molecule has 1 amide bonds. The quantitative estimate of drug-likeness (QED) is 0.440. The topological polar surface area (TPSA) is 73.2 Å². The zero-order valence-electron chi connectivity index (χ0n) is 18.4. The van der Waals surface area contributed by atoms with Crippen LogP contribution in [-0.2, 0) is 4.79 Å². The third-order valence-electron chi connectivity index (χ3n) is 4.60. The summed E-state index contributed by atoms with van der Waals surface area (Å²) in [5.41, 5.74) is 1.29. The molecule has 8 heteroatoms. The maximum Gasteiger partial charge on any atom is 0.266 e. The Hall–Kier alpha value is -2.51. The predicted octanol–water partition coefficient (Wildman–Crippen LogP) is 4.75. The molecular formula is C23H26ClN3O3S. The van der Waals surface area contributed by atoms with Crippen LogP contribution in [0.1, 0.15) is 33.3 Å². The molecule has 0 saturated heterocycles. The molecule has 0 saturated carbocycles. The first-order chi connectivity index (χ1) is 14.5. The zero-order chi connectivity index (χ0) is 22.9. The van der Waals surface area contributed by atoms with Crippen molar-refractivity contribution >= 4 is 40.2 Å². The first-order valence-electron chi connectivity index (χ1n) is 9.87. The summed E-state index contributed by atoms with van der Waals surface area (Å²) >= 11 is 7.50. The lowest BCUT2D eigenvalue weighted by molar-refractivity contribution is -0.121. The molecule has 6 nitrogen and oxygen atoms in total. The van der Waals surface area contributed by atoms with Gasteiger partial charge >= 0.3 is 0 Å². The van der Waals surface area contributed by atoms with Gasteiger partial charge in [-0.25, -0.2) is 4.98 Å². The second-order valence-corrected chi connectivity index (χ2v) is 10.0. The Kier molecular flexibility index (Phi) is 6.67. The second kappa shape index (κ2) is 8.93. The molecule has 0 spiro atoms. The Morgan fingerprint density at radius 1 is 1.26 bits per heavy atom. The molecule has 1 heterocycles. The number of halogens is 1. The van der Waals surface area contributed by atoms with E-state index < -0.39 is 5.25 Å². The van der Waals surface area contributed by atoms with Crippen molar-refractivity contribution in [3.05, 3.63) is 57.3 Å². The van der Waals surface area contributed by atoms with E-state index in [1.165, 1.54) is 23.4 Å². The third-order valence-corrected chi connectivity index (χ3v) is 6.06. The summed E-state index contributed by atoms with van der Waals surface area (Å²) in [6.45, 7) is 9.42. The Bertz CT molecular complexity index is 1200. The molecule has 3 rings (SSSR count). The van der Waals surface area contributed by atoms with Crippen LogP contribution in [0.3, 0.4) is 0 Å². The minimum Gasteiger partial charge on any atom is -0.495 e. The molecule has 1 N–H and O–H groups in total. The molecule has 1 atom stereocenters. The number of carbonyl (C=O) groups is 1. The highest BCUT2D eigenvalue weighted by atomic mass is 35.5. The van der Waals surface area contributed by atoms with Crippen LogP contribution in [0.4, 0.5) is 0 Å². The molecule has 164 valence electrons. The number of hydrogen-bond acceptors (Lipinski definition) is 5. The lowest BCUT2D eigenvalue weighted by Crippen LogP contribution is -2.44. The summed E-state index contributed by atoms with van der Waals surface area (Å²) in [5.74, 6) is 0.314. The van der Waals surface area contributed by atoms with E-state index in [1.807, 2.05) is 33.8 Å². The Balaban J connectivity index is 2.21. The van der Waals surface area contributed by atoms with Crippen molar-refractivity contribution in [3.63, 3.8) is 0 Å². The molecule has 0 aliphatic carbocycles. The van der Waals surface area contributed by atoms with Gasteiger partial charge in [-0.3, -0.25) is 14.2 Å². The van der Waals surface area contributed by atoms with Crippen LogP contribution < -0.4 is 15.6 Å². The van der Waals surface area contributed by atoms with Gasteiger partial charge in [-0.05, 0) is 58.4 Å². The average molecular weight is 460 g/mol. The number of amides is 1. The number of nitrogens with zero attached hydrogens (tertiary/aromatic N) is 2. The van der Waals surface area contributed by atoms with Crippen molar-refractivity contribution in [1.82, 2.24) is 14.9 Å². The molecule has 0 aliphatic rings. The Morgan fingerprint density at radius 2 is 1.94 bits per heavy atom. The van der Waals surface area contributed by atoms with E-state index in [-0.39, 0.29) is 17.0 Å². The Morgan fingerprint density at radius 3 is 2.58 bits per heavy atom. The standard InChI is InChI=1S/C23H26ClN3O3S/c1-13-11-18(19(30-6)12-16(13)24)27-21(29)15-9-7-8-10-17(15)25-22(27)31-14(2)20(28)26-23(3,4)5/h7-12,14H,1-6H3,(H,26,28). The molecule has 0 fully saturated rings. The molecule has 3 aromatic rings. The summed E-state index contributed by atoms with van der Waals surface area (Å²) < 4.78 is 7.01. The summed E-state index contributed by atoms with van der Waals surface area (Å²) in [7, 11) is 1.52. The molecule has 0 bridgehead atoms. The molecule has 0 radical (unpaired) electrons. The maximum atomic E-state index is 13.5. The monoisotopic (exact) mass is 459 g/mol. The van der Waals surface area contributed by atoms with Gasteiger partial charge in [-0.15, -0.1) is 0 Å². The van der Waals surface area contributed by atoms with Crippen LogP contribution in [0.5, 0.6) is 5.75 Å². The number of carbonyl (C=O) groups excluding carboxylic acids is 1. The van der Waals surface area contributed by atoms with E-state index in [0.717, 1.165) is 5.56 Å². The normalized spacial score (nSPS) is 12.6. The largest absolute Gasteiger partial charge is 0.495 e. The lowest BCUT2D eigenvalue weighted by Gasteiger charge is -2.23. The number of fused-ring (bicyclic) bond motifs is 1. The van der Waals surface area contributed by atoms with E-state index in [1.54, 1.807) is 37.3 Å². The summed E-state index contributed by atoms with van der Waals surface area (Å²) in [5, 5.41) is 3.92. The number of benzene rings is 2. The first kappa shape index (κ1) is 23.2. The van der Waals surface area contributed by atoms with Gasteiger partial charge in [0.1, 0.15) is 5.75 Å². The number of aromatic nitrogens is 2. The van der Waals surface area contributed by atoms with Gasteiger partial charge in [-0.2, -0.15) is 0 Å². The van der Waals surface area contributed by atoms with Crippen molar-refractivity contribution < 1.29 is 9.53 Å². The van der Waals surface area contributed by atoms with Gasteiger partial charge in [0, 0.05) is 16.6 Å². The summed E-state index contributed by atoms with van der Waals surface area (Å²) in [6.07, 6.45) is 0. The van der Waals surface area contributed by atoms with Crippen molar-refractivity contribution in [1.29, 1.82) is 0 Å². The van der Waals surface area contributed by atoms with Crippen molar-refractivity contribution in [2.24, 2.45) is 0 Å². The highest BCUT2D eigenvalue weighted by Gasteiger charge is 2.24. The zero-order valence-corrected chi connectivity index (χ0v) is 20.0. The number of hydrogen-bond donors (Lipinski definition) is 1. The van der Waals surface area contributed by atoms with Gasteiger partial charge in [0.25, 0.3) is 5.56 Å². The fourth-order valence-corrected chi connectivity index (χ4v) is 4.15. The highest BCUT2D eigenvalue weighted by Crippen LogP contribution is 2.33. The van der Waals surface area contributed by atoms with Gasteiger partial charge in [0.2, 0.25) is 5.91 Å². The minimum atomic E-state index is -0.474. The van der Waals surface area contributed by atoms with Gasteiger partial charge in [-0.1, -0.05) is 35.5 Å². The van der Waals surface area contributed by atoms with Gasteiger partial charge in [0.05, 0.1) is 29.0 Å². The average Bonchev–Trinajstić information content (AvgIpc) is 2.69. The highest BCUT2D eigenvalue weighted by molar-refractivity contribution is 8.00. The molecule has 1 unspecified atom stereocenters. The number of thioether (sulfide) groups is 1. The molecule has 1 aromatic heterocycles. The number of para-hydroxylation sites is 1. The predicted molar refractivity (Wildman–Crippen MR) is 127 cm³/mol.